The van der Waals surface area contributed by atoms with Gasteiger partial charge < -0.3 is 14.6 Å². The number of rotatable bonds is 4. The monoisotopic (exact) mass is 210 g/mol. The van der Waals surface area contributed by atoms with Crippen molar-refractivity contribution < 1.29 is 24.2 Å². The van der Waals surface area contributed by atoms with E-state index in [1.54, 1.807) is 18.2 Å². The fourth-order valence-corrected chi connectivity index (χ4v) is 0.939. The summed E-state index contributed by atoms with van der Waals surface area (Å²) in [6.07, 6.45) is 0. The van der Waals surface area contributed by atoms with Gasteiger partial charge in [0.1, 0.15) is 11.5 Å². The zero-order valence-electron chi connectivity index (χ0n) is 8.10. The normalized spacial score (nSPS) is 9.40. The lowest BCUT2D eigenvalue weighted by atomic mass is 10.3. The first-order chi connectivity index (χ1) is 7.08. The molecule has 0 heterocycles. The van der Waals surface area contributed by atoms with E-state index < -0.39 is 18.5 Å². The standard InChI is InChI=1S/C10H10O5/c1-7(11)15-9-4-2-3-8(5-9)14-6-10(12)13/h2-5H,6H2,1H3,(H,12,13). The number of carboxylic acids is 1. The van der Waals surface area contributed by atoms with Gasteiger partial charge in [-0.2, -0.15) is 0 Å². The average Bonchev–Trinajstić information content (AvgIpc) is 2.14. The maximum absolute atomic E-state index is 10.6. The smallest absolute Gasteiger partial charge is 0.341 e. The van der Waals surface area contributed by atoms with E-state index in [9.17, 15) is 9.59 Å². The van der Waals surface area contributed by atoms with E-state index in [1.165, 1.54) is 13.0 Å². The third-order valence-electron chi connectivity index (χ3n) is 1.43. The number of carbonyl (C=O) groups is 2. The molecule has 0 fully saturated rings. The lowest BCUT2D eigenvalue weighted by Gasteiger charge is -2.05. The van der Waals surface area contributed by atoms with Crippen LogP contribution in [0.5, 0.6) is 11.5 Å². The summed E-state index contributed by atoms with van der Waals surface area (Å²) in [5.74, 6) is -0.834. The van der Waals surface area contributed by atoms with Gasteiger partial charge in [-0.25, -0.2) is 4.79 Å². The minimum atomic E-state index is -1.06. The first-order valence-electron chi connectivity index (χ1n) is 4.21. The number of carbonyl (C=O) groups excluding carboxylic acids is 1. The molecule has 15 heavy (non-hydrogen) atoms. The summed E-state index contributed by atoms with van der Waals surface area (Å²) in [7, 11) is 0. The van der Waals surface area contributed by atoms with Gasteiger partial charge in [0.05, 0.1) is 0 Å². The maximum Gasteiger partial charge on any atom is 0.341 e. The molecule has 0 saturated heterocycles. The van der Waals surface area contributed by atoms with E-state index in [-0.39, 0.29) is 0 Å². The predicted octanol–water partition coefficient (Wildman–Crippen LogP) is 1.08. The van der Waals surface area contributed by atoms with Crippen molar-refractivity contribution in [1.82, 2.24) is 0 Å². The second kappa shape index (κ2) is 4.99. The summed E-state index contributed by atoms with van der Waals surface area (Å²) in [5, 5.41) is 8.38. The molecular weight excluding hydrogens is 200 g/mol. The van der Waals surface area contributed by atoms with Crippen molar-refractivity contribution >= 4 is 11.9 Å². The van der Waals surface area contributed by atoms with Crippen LogP contribution >= 0.6 is 0 Å². The van der Waals surface area contributed by atoms with Gasteiger partial charge in [-0.15, -0.1) is 0 Å². The van der Waals surface area contributed by atoms with Gasteiger partial charge in [-0.05, 0) is 12.1 Å². The average molecular weight is 210 g/mol. The third kappa shape index (κ3) is 4.12. The van der Waals surface area contributed by atoms with Gasteiger partial charge in [0.2, 0.25) is 0 Å². The van der Waals surface area contributed by atoms with Crippen LogP contribution in [0.25, 0.3) is 0 Å². The van der Waals surface area contributed by atoms with Crippen LogP contribution < -0.4 is 9.47 Å². The summed E-state index contributed by atoms with van der Waals surface area (Å²) in [6, 6.07) is 6.21. The van der Waals surface area contributed by atoms with Crippen molar-refractivity contribution in [3.63, 3.8) is 0 Å². The fourth-order valence-electron chi connectivity index (χ4n) is 0.939. The number of ether oxygens (including phenoxy) is 2. The Morgan fingerprint density at radius 1 is 1.33 bits per heavy atom. The Hall–Kier alpha value is -2.04. The molecule has 0 spiro atoms. The Balaban J connectivity index is 2.65. The molecule has 0 radical (unpaired) electrons. The Kier molecular flexibility index (Phi) is 3.68. The molecule has 1 aromatic carbocycles. The van der Waals surface area contributed by atoms with Crippen LogP contribution in [0, 0.1) is 0 Å². The van der Waals surface area contributed by atoms with Crippen LogP contribution in [0.3, 0.4) is 0 Å². The molecule has 0 aliphatic heterocycles. The Morgan fingerprint density at radius 2 is 2.00 bits per heavy atom. The number of hydrogen-bond acceptors (Lipinski definition) is 4. The number of aliphatic carboxylic acids is 1. The number of carboxylic acid groups (broad SMARTS) is 1. The van der Waals surface area contributed by atoms with Gasteiger partial charge in [0.15, 0.2) is 6.61 Å². The SMILES string of the molecule is CC(=O)Oc1cccc(OCC(=O)O)c1. The predicted molar refractivity (Wildman–Crippen MR) is 50.9 cm³/mol. The minimum absolute atomic E-state index is 0.324. The van der Waals surface area contributed by atoms with Gasteiger partial charge in [-0.1, -0.05) is 6.07 Å². The highest BCUT2D eigenvalue weighted by Crippen LogP contribution is 2.19. The minimum Gasteiger partial charge on any atom is -0.482 e. The second-order valence-corrected chi connectivity index (χ2v) is 2.75. The van der Waals surface area contributed by atoms with Gasteiger partial charge in [-0.3, -0.25) is 4.79 Å². The third-order valence-corrected chi connectivity index (χ3v) is 1.43. The molecule has 0 aliphatic carbocycles. The first-order valence-corrected chi connectivity index (χ1v) is 4.21. The van der Waals surface area contributed by atoms with E-state index in [2.05, 4.69) is 0 Å². The molecule has 5 heteroatoms. The molecular formula is C10H10O5. The van der Waals surface area contributed by atoms with Crippen molar-refractivity contribution in [3.05, 3.63) is 24.3 Å². The Labute approximate surface area is 86.2 Å². The maximum atomic E-state index is 10.6. The van der Waals surface area contributed by atoms with Crippen LogP contribution in [0.4, 0.5) is 0 Å². The number of hydrogen-bond donors (Lipinski definition) is 1. The molecule has 0 amide bonds. The van der Waals surface area contributed by atoms with Crippen molar-refractivity contribution in [2.24, 2.45) is 0 Å². The van der Waals surface area contributed by atoms with Gasteiger partial charge in [0, 0.05) is 13.0 Å². The summed E-state index contributed by atoms with van der Waals surface area (Å²) >= 11 is 0. The van der Waals surface area contributed by atoms with Gasteiger partial charge in [0.25, 0.3) is 0 Å². The largest absolute Gasteiger partial charge is 0.482 e. The highest BCUT2D eigenvalue weighted by Gasteiger charge is 2.02. The number of esters is 1. The fraction of sp³-hybridized carbons (Fsp3) is 0.200. The van der Waals surface area contributed by atoms with Crippen molar-refractivity contribution in [3.8, 4) is 11.5 Å². The molecule has 1 N–H and O–H groups in total. The van der Waals surface area contributed by atoms with Crippen LogP contribution in [-0.4, -0.2) is 23.7 Å². The second-order valence-electron chi connectivity index (χ2n) is 2.75. The van der Waals surface area contributed by atoms with Crippen LogP contribution in [0.2, 0.25) is 0 Å². The van der Waals surface area contributed by atoms with E-state index in [0.717, 1.165) is 0 Å². The highest BCUT2D eigenvalue weighted by molar-refractivity contribution is 5.69. The highest BCUT2D eigenvalue weighted by atomic mass is 16.5. The summed E-state index contributed by atoms with van der Waals surface area (Å²) in [5.41, 5.74) is 0. The zero-order chi connectivity index (χ0) is 11.3. The Morgan fingerprint density at radius 3 is 2.60 bits per heavy atom. The molecule has 1 aromatic rings. The lowest BCUT2D eigenvalue weighted by Crippen LogP contribution is -2.09. The van der Waals surface area contributed by atoms with E-state index in [1.807, 2.05) is 0 Å². The van der Waals surface area contributed by atoms with E-state index >= 15 is 0 Å². The lowest BCUT2D eigenvalue weighted by molar-refractivity contribution is -0.139. The number of benzene rings is 1. The molecule has 0 saturated carbocycles. The van der Waals surface area contributed by atoms with E-state index in [0.29, 0.717) is 11.5 Å². The molecule has 0 bridgehead atoms. The quantitative estimate of drug-likeness (QED) is 0.594. The van der Waals surface area contributed by atoms with Crippen molar-refractivity contribution in [2.75, 3.05) is 6.61 Å². The molecule has 1 rings (SSSR count). The topological polar surface area (TPSA) is 72.8 Å². The van der Waals surface area contributed by atoms with Crippen LogP contribution in [-0.2, 0) is 9.59 Å². The summed E-state index contributed by atoms with van der Waals surface area (Å²) in [4.78, 5) is 20.9. The molecule has 0 aromatic heterocycles. The summed E-state index contributed by atoms with van der Waals surface area (Å²) in [6.45, 7) is 0.855. The first kappa shape index (κ1) is 11.0. The molecule has 0 atom stereocenters. The Bertz CT molecular complexity index is 372. The molecule has 5 nitrogen and oxygen atoms in total. The zero-order valence-corrected chi connectivity index (χ0v) is 8.10. The van der Waals surface area contributed by atoms with E-state index in [4.69, 9.17) is 14.6 Å². The summed E-state index contributed by atoms with van der Waals surface area (Å²) < 4.78 is 9.69. The molecule has 80 valence electrons. The molecule has 0 aliphatic rings. The van der Waals surface area contributed by atoms with Crippen molar-refractivity contribution in [2.45, 2.75) is 6.92 Å². The van der Waals surface area contributed by atoms with Gasteiger partial charge >= 0.3 is 11.9 Å². The van der Waals surface area contributed by atoms with Crippen molar-refractivity contribution in [1.29, 1.82) is 0 Å². The molecule has 0 unspecified atom stereocenters. The van der Waals surface area contributed by atoms with Crippen LogP contribution in [0.1, 0.15) is 6.92 Å². The van der Waals surface area contributed by atoms with Crippen LogP contribution in [0.15, 0.2) is 24.3 Å².